The van der Waals surface area contributed by atoms with Gasteiger partial charge in [-0.1, -0.05) is 35.3 Å². The maximum Gasteiger partial charge on any atom is 0.170 e. The Morgan fingerprint density at radius 3 is 2.53 bits per heavy atom. The number of hydrogen-bond donors (Lipinski definition) is 0. The zero-order valence-corrected chi connectivity index (χ0v) is 12.5. The van der Waals surface area contributed by atoms with Gasteiger partial charge in [-0.2, -0.15) is 5.10 Å². The molecule has 0 atom stereocenters. The second-order valence-electron chi connectivity index (χ2n) is 4.51. The third kappa shape index (κ3) is 2.67. The minimum absolute atomic E-state index is 0.0569. The zero-order valence-electron chi connectivity index (χ0n) is 11.0. The van der Waals surface area contributed by atoms with Crippen LogP contribution in [0.4, 0.5) is 0 Å². The number of carbonyl (C=O) groups excluding carboxylic acids is 1. The van der Waals surface area contributed by atoms with Gasteiger partial charge < -0.3 is 0 Å². The fourth-order valence-electron chi connectivity index (χ4n) is 1.98. The molecule has 2 rings (SSSR count). The molecule has 2 aromatic rings. The molecule has 5 heteroatoms. The summed E-state index contributed by atoms with van der Waals surface area (Å²) in [5, 5.41) is 5.24. The summed E-state index contributed by atoms with van der Waals surface area (Å²) in [6.45, 7) is 3.69. The number of Topliss-reactive ketones (excluding diaryl/α,β-unsaturated/α-hetero) is 1. The van der Waals surface area contributed by atoms with E-state index in [-0.39, 0.29) is 12.2 Å². The summed E-state index contributed by atoms with van der Waals surface area (Å²) in [5.41, 5.74) is 2.85. The van der Waals surface area contributed by atoms with Crippen molar-refractivity contribution >= 4 is 29.0 Å². The molecule has 0 amide bonds. The molecule has 0 radical (unpaired) electrons. The summed E-state index contributed by atoms with van der Waals surface area (Å²) in [4.78, 5) is 12.3. The molecule has 0 N–H and O–H groups in total. The van der Waals surface area contributed by atoms with Crippen LogP contribution in [0.15, 0.2) is 18.2 Å². The van der Waals surface area contributed by atoms with Gasteiger partial charge in [0.05, 0.1) is 27.9 Å². The Bertz CT molecular complexity index is 647. The molecule has 19 heavy (non-hydrogen) atoms. The number of halogens is 2. The number of aryl methyl sites for hydroxylation is 3. The number of ketones is 1. The van der Waals surface area contributed by atoms with Gasteiger partial charge in [-0.25, -0.2) is 0 Å². The summed E-state index contributed by atoms with van der Waals surface area (Å²) in [6, 6.07) is 5.43. The molecule has 100 valence electrons. The third-order valence-corrected chi connectivity index (χ3v) is 4.08. The molecule has 0 saturated carbocycles. The van der Waals surface area contributed by atoms with E-state index in [1.807, 2.05) is 26.0 Å². The van der Waals surface area contributed by atoms with E-state index < -0.39 is 0 Å². The summed E-state index contributed by atoms with van der Waals surface area (Å²) in [7, 11) is 1.78. The number of aromatic nitrogens is 2. The second-order valence-corrected chi connectivity index (χ2v) is 5.26. The third-order valence-electron chi connectivity index (χ3n) is 3.08. The molecule has 1 heterocycles. The number of hydrogen-bond acceptors (Lipinski definition) is 2. The van der Waals surface area contributed by atoms with Gasteiger partial charge in [-0.3, -0.25) is 9.48 Å². The predicted octanol–water partition coefficient (Wildman–Crippen LogP) is 3.77. The first-order chi connectivity index (χ1) is 8.91. The van der Waals surface area contributed by atoms with Crippen molar-refractivity contribution in [3.8, 4) is 0 Å². The fourth-order valence-corrected chi connectivity index (χ4v) is 2.44. The average Bonchev–Trinajstić information content (AvgIpc) is 2.59. The van der Waals surface area contributed by atoms with E-state index in [1.54, 1.807) is 17.8 Å². The Balaban J connectivity index is 2.34. The van der Waals surface area contributed by atoms with E-state index in [9.17, 15) is 4.79 Å². The van der Waals surface area contributed by atoms with E-state index in [2.05, 4.69) is 5.10 Å². The van der Waals surface area contributed by atoms with Gasteiger partial charge in [0.1, 0.15) is 0 Å². The predicted molar refractivity (Wildman–Crippen MR) is 77.2 cm³/mol. The Morgan fingerprint density at radius 1 is 1.26 bits per heavy atom. The van der Waals surface area contributed by atoms with Gasteiger partial charge in [0, 0.05) is 12.6 Å². The van der Waals surface area contributed by atoms with Crippen molar-refractivity contribution in [2.45, 2.75) is 20.3 Å². The number of carbonyl (C=O) groups is 1. The number of rotatable bonds is 3. The molecule has 0 aliphatic rings. The van der Waals surface area contributed by atoms with Crippen LogP contribution in [0.3, 0.4) is 0 Å². The van der Waals surface area contributed by atoms with Crippen molar-refractivity contribution in [2.24, 2.45) is 7.05 Å². The largest absolute Gasteiger partial charge is 0.294 e. The fraction of sp³-hybridized carbons (Fsp3) is 0.286. The van der Waals surface area contributed by atoms with Gasteiger partial charge in [0.25, 0.3) is 0 Å². The zero-order chi connectivity index (χ0) is 14.2. The first kappa shape index (κ1) is 14.1. The molecular weight excluding hydrogens is 283 g/mol. The molecule has 1 aromatic carbocycles. The lowest BCUT2D eigenvalue weighted by atomic mass is 10.0. The summed E-state index contributed by atoms with van der Waals surface area (Å²) in [5.74, 6) is -0.0569. The van der Waals surface area contributed by atoms with Gasteiger partial charge in [-0.05, 0) is 25.5 Å². The topological polar surface area (TPSA) is 34.9 Å². The lowest BCUT2D eigenvalue weighted by Crippen LogP contribution is -2.09. The van der Waals surface area contributed by atoms with E-state index in [1.165, 1.54) is 0 Å². The van der Waals surface area contributed by atoms with Gasteiger partial charge >= 0.3 is 0 Å². The summed E-state index contributed by atoms with van der Waals surface area (Å²) < 4.78 is 1.64. The van der Waals surface area contributed by atoms with Crippen LogP contribution in [0, 0.1) is 13.8 Å². The Labute approximate surface area is 122 Å². The molecule has 0 fully saturated rings. The molecule has 1 aromatic heterocycles. The molecule has 0 bridgehead atoms. The van der Waals surface area contributed by atoms with Crippen LogP contribution in [0.1, 0.15) is 27.3 Å². The van der Waals surface area contributed by atoms with Crippen LogP contribution in [-0.2, 0) is 13.5 Å². The maximum atomic E-state index is 12.3. The molecule has 0 unspecified atom stereocenters. The van der Waals surface area contributed by atoms with Gasteiger partial charge in [-0.15, -0.1) is 0 Å². The van der Waals surface area contributed by atoms with Crippen LogP contribution < -0.4 is 0 Å². The molecule has 0 aliphatic carbocycles. The monoisotopic (exact) mass is 296 g/mol. The van der Waals surface area contributed by atoms with Crippen molar-refractivity contribution in [3.63, 3.8) is 0 Å². The Morgan fingerprint density at radius 2 is 1.95 bits per heavy atom. The number of nitrogens with zero attached hydrogens (tertiary/aromatic N) is 2. The smallest absolute Gasteiger partial charge is 0.170 e. The minimum Gasteiger partial charge on any atom is -0.294 e. The van der Waals surface area contributed by atoms with E-state index >= 15 is 0 Å². The lowest BCUT2D eigenvalue weighted by molar-refractivity contribution is 0.0991. The van der Waals surface area contributed by atoms with Crippen LogP contribution >= 0.6 is 23.2 Å². The van der Waals surface area contributed by atoms with Crippen molar-refractivity contribution in [2.75, 3.05) is 0 Å². The first-order valence-electron chi connectivity index (χ1n) is 5.88. The molecule has 3 nitrogen and oxygen atoms in total. The summed E-state index contributed by atoms with van der Waals surface area (Å²) in [6.07, 6.45) is 0.194. The van der Waals surface area contributed by atoms with E-state index in [4.69, 9.17) is 23.2 Å². The van der Waals surface area contributed by atoms with E-state index in [0.717, 1.165) is 11.3 Å². The van der Waals surface area contributed by atoms with Crippen molar-refractivity contribution in [1.82, 2.24) is 9.78 Å². The Kier molecular flexibility index (Phi) is 3.97. The van der Waals surface area contributed by atoms with Gasteiger partial charge in [0.15, 0.2) is 5.78 Å². The second kappa shape index (κ2) is 5.35. The molecule has 0 saturated heterocycles. The van der Waals surface area contributed by atoms with Gasteiger partial charge in [0.2, 0.25) is 0 Å². The number of benzene rings is 1. The minimum atomic E-state index is -0.0569. The first-order valence-corrected chi connectivity index (χ1v) is 6.63. The quantitative estimate of drug-likeness (QED) is 0.808. The van der Waals surface area contributed by atoms with Crippen molar-refractivity contribution < 1.29 is 4.79 Å². The SMILES string of the molecule is Cc1cccc(C(=O)Cc2c(Cl)c(C)nn2C)c1Cl. The standard InChI is InChI=1S/C14H14Cl2N2O/c1-8-5-4-6-10(13(8)15)12(19)7-11-14(16)9(2)17-18(11)3/h4-6H,7H2,1-3H3. The van der Waals surface area contributed by atoms with Crippen LogP contribution in [0.2, 0.25) is 10.0 Å². The van der Waals surface area contributed by atoms with Crippen LogP contribution in [0.5, 0.6) is 0 Å². The lowest BCUT2D eigenvalue weighted by Gasteiger charge is -2.06. The normalized spacial score (nSPS) is 10.8. The molecule has 0 spiro atoms. The Hall–Kier alpha value is -1.32. The van der Waals surface area contributed by atoms with Crippen LogP contribution in [0.25, 0.3) is 0 Å². The molecular formula is C14H14Cl2N2O. The highest BCUT2D eigenvalue weighted by molar-refractivity contribution is 6.35. The van der Waals surface area contributed by atoms with Crippen LogP contribution in [-0.4, -0.2) is 15.6 Å². The summed E-state index contributed by atoms with van der Waals surface area (Å²) >= 11 is 12.3. The molecule has 0 aliphatic heterocycles. The highest BCUT2D eigenvalue weighted by Gasteiger charge is 2.18. The highest BCUT2D eigenvalue weighted by atomic mass is 35.5. The average molecular weight is 297 g/mol. The van der Waals surface area contributed by atoms with Crippen molar-refractivity contribution in [3.05, 3.63) is 50.8 Å². The van der Waals surface area contributed by atoms with Crippen molar-refractivity contribution in [1.29, 1.82) is 0 Å². The highest BCUT2D eigenvalue weighted by Crippen LogP contribution is 2.25. The van der Waals surface area contributed by atoms with E-state index in [0.29, 0.717) is 21.3 Å². The maximum absolute atomic E-state index is 12.3.